The van der Waals surface area contributed by atoms with Crippen LogP contribution in [0.1, 0.15) is 55.3 Å². The number of carbonyl (C=O) groups excluding carboxylic acids is 1. The van der Waals surface area contributed by atoms with Crippen molar-refractivity contribution in [3.63, 3.8) is 0 Å². The molecule has 0 bridgehead atoms. The maximum atomic E-state index is 13.2. The van der Waals surface area contributed by atoms with E-state index in [1.807, 2.05) is 0 Å². The van der Waals surface area contributed by atoms with Crippen LogP contribution in [0.2, 0.25) is 0 Å². The van der Waals surface area contributed by atoms with E-state index < -0.39 is 62.2 Å². The largest absolute Gasteiger partial charge is 0.417 e. The SMILES string of the molecule is C[C@@H](NC(=O)[C@H]1CC[C@H](NS(=O)(=O)c2ccc(C(F)(F)F)c(C(F)(F)F)c2)CC1)c1ccc(F)cc1. The van der Waals surface area contributed by atoms with Gasteiger partial charge in [-0.05, 0) is 68.5 Å². The highest BCUT2D eigenvalue weighted by molar-refractivity contribution is 7.89. The van der Waals surface area contributed by atoms with Crippen LogP contribution in [0.25, 0.3) is 0 Å². The summed E-state index contributed by atoms with van der Waals surface area (Å²) >= 11 is 0. The van der Waals surface area contributed by atoms with Crippen molar-refractivity contribution in [1.29, 1.82) is 0 Å². The van der Waals surface area contributed by atoms with Crippen LogP contribution in [0.5, 0.6) is 0 Å². The molecule has 0 spiro atoms. The Kier molecular flexibility index (Phi) is 8.04. The molecule has 1 aliphatic carbocycles. The molecular weight excluding hydrogens is 517 g/mol. The molecule has 1 aliphatic rings. The monoisotopic (exact) mass is 540 g/mol. The Morgan fingerprint density at radius 2 is 1.44 bits per heavy atom. The van der Waals surface area contributed by atoms with Gasteiger partial charge in [-0.2, -0.15) is 26.3 Å². The molecule has 3 rings (SSSR count). The van der Waals surface area contributed by atoms with Crippen molar-refractivity contribution in [2.24, 2.45) is 5.92 Å². The molecule has 2 N–H and O–H groups in total. The number of nitrogens with one attached hydrogen (secondary N) is 2. The van der Waals surface area contributed by atoms with Gasteiger partial charge in [0.15, 0.2) is 0 Å². The highest BCUT2D eigenvalue weighted by atomic mass is 32.2. The van der Waals surface area contributed by atoms with E-state index in [4.69, 9.17) is 0 Å². The first kappa shape index (κ1) is 27.9. The number of amides is 1. The fraction of sp³-hybridized carbons (Fsp3) is 0.435. The van der Waals surface area contributed by atoms with Gasteiger partial charge >= 0.3 is 12.4 Å². The predicted molar refractivity (Wildman–Crippen MR) is 115 cm³/mol. The zero-order chi connectivity index (χ0) is 26.9. The van der Waals surface area contributed by atoms with Crippen LogP contribution in [0.15, 0.2) is 47.4 Å². The average Bonchev–Trinajstić information content (AvgIpc) is 2.78. The maximum Gasteiger partial charge on any atom is 0.417 e. The van der Waals surface area contributed by atoms with E-state index in [1.54, 1.807) is 6.92 Å². The van der Waals surface area contributed by atoms with Gasteiger partial charge in [-0.25, -0.2) is 17.5 Å². The lowest BCUT2D eigenvalue weighted by atomic mass is 9.85. The number of halogens is 7. The van der Waals surface area contributed by atoms with Gasteiger partial charge in [0.05, 0.1) is 22.1 Å². The third-order valence-corrected chi connectivity index (χ3v) is 7.58. The van der Waals surface area contributed by atoms with Crippen molar-refractivity contribution >= 4 is 15.9 Å². The van der Waals surface area contributed by atoms with Gasteiger partial charge in [0.2, 0.25) is 15.9 Å². The van der Waals surface area contributed by atoms with Crippen molar-refractivity contribution < 1.29 is 43.9 Å². The lowest BCUT2D eigenvalue weighted by Crippen LogP contribution is -2.41. The molecule has 2 aromatic carbocycles. The predicted octanol–water partition coefficient (Wildman–Crippen LogP) is 5.58. The summed E-state index contributed by atoms with van der Waals surface area (Å²) in [6, 6.07) is 5.07. The van der Waals surface area contributed by atoms with Gasteiger partial charge in [-0.3, -0.25) is 4.79 Å². The fourth-order valence-corrected chi connectivity index (χ4v) is 5.43. The van der Waals surface area contributed by atoms with Crippen LogP contribution in [0.4, 0.5) is 30.7 Å². The molecular formula is C23H23F7N2O3S. The van der Waals surface area contributed by atoms with Crippen LogP contribution >= 0.6 is 0 Å². The Hall–Kier alpha value is -2.67. The quantitative estimate of drug-likeness (QED) is 0.470. The van der Waals surface area contributed by atoms with Gasteiger partial charge in [0.1, 0.15) is 5.82 Å². The second-order valence-electron chi connectivity index (χ2n) is 8.65. The summed E-state index contributed by atoms with van der Waals surface area (Å²) < 4.78 is 119. The first-order valence-corrected chi connectivity index (χ1v) is 12.4. The summed E-state index contributed by atoms with van der Waals surface area (Å²) in [6.45, 7) is 1.73. The zero-order valence-corrected chi connectivity index (χ0v) is 19.7. The van der Waals surface area contributed by atoms with Crippen LogP contribution in [-0.2, 0) is 27.2 Å². The minimum absolute atomic E-state index is 0.0267. The second-order valence-corrected chi connectivity index (χ2v) is 10.4. The van der Waals surface area contributed by atoms with Crippen molar-refractivity contribution in [3.8, 4) is 0 Å². The molecule has 13 heteroatoms. The van der Waals surface area contributed by atoms with E-state index in [2.05, 4.69) is 10.0 Å². The highest BCUT2D eigenvalue weighted by Gasteiger charge is 2.44. The van der Waals surface area contributed by atoms with Gasteiger partial charge in [0, 0.05) is 12.0 Å². The summed E-state index contributed by atoms with van der Waals surface area (Å²) in [7, 11) is -4.55. The summed E-state index contributed by atoms with van der Waals surface area (Å²) in [6.07, 6.45) is -9.74. The number of hydrogen-bond acceptors (Lipinski definition) is 3. The Morgan fingerprint density at radius 1 is 0.889 bits per heavy atom. The molecule has 2 aromatic rings. The standard InChI is InChI=1S/C23H23F7N2O3S/c1-13(14-2-6-16(24)7-3-14)31-21(33)15-4-8-17(9-5-15)32-36(34,35)18-10-11-19(22(25,26)27)20(12-18)23(28,29)30/h2-3,6-7,10-13,15,17,32H,4-5,8-9H2,1H3,(H,31,33)/t13-,15-,17-/m1/s1. The Bertz CT molecular complexity index is 1190. The van der Waals surface area contributed by atoms with E-state index in [1.165, 1.54) is 24.3 Å². The second kappa shape index (κ2) is 10.4. The molecule has 1 amide bonds. The van der Waals surface area contributed by atoms with E-state index in [-0.39, 0.29) is 43.7 Å². The molecule has 5 nitrogen and oxygen atoms in total. The molecule has 0 unspecified atom stereocenters. The van der Waals surface area contributed by atoms with Crippen molar-refractivity contribution in [2.45, 2.75) is 61.9 Å². The maximum absolute atomic E-state index is 13.2. The van der Waals surface area contributed by atoms with E-state index >= 15 is 0 Å². The minimum atomic E-state index is -5.41. The number of alkyl halides is 6. The normalized spacial score (nSPS) is 20.1. The average molecular weight is 541 g/mol. The summed E-state index contributed by atoms with van der Waals surface area (Å²) in [5.41, 5.74) is -3.37. The van der Waals surface area contributed by atoms with Gasteiger partial charge < -0.3 is 5.32 Å². The van der Waals surface area contributed by atoms with Crippen molar-refractivity contribution in [2.75, 3.05) is 0 Å². The molecule has 0 aromatic heterocycles. The van der Waals surface area contributed by atoms with Gasteiger partial charge in [-0.15, -0.1) is 0 Å². The third kappa shape index (κ3) is 6.75. The summed E-state index contributed by atoms with van der Waals surface area (Å²) in [5.74, 6) is -1.12. The first-order valence-electron chi connectivity index (χ1n) is 10.9. The topological polar surface area (TPSA) is 75.3 Å². The number of carbonyl (C=O) groups is 1. The minimum Gasteiger partial charge on any atom is -0.349 e. The van der Waals surface area contributed by atoms with E-state index in [0.717, 1.165) is 0 Å². The molecule has 0 saturated heterocycles. The third-order valence-electron chi connectivity index (χ3n) is 6.06. The number of sulfonamides is 1. The lowest BCUT2D eigenvalue weighted by molar-refractivity contribution is -0.162. The van der Waals surface area contributed by atoms with Gasteiger partial charge in [-0.1, -0.05) is 12.1 Å². The van der Waals surface area contributed by atoms with Gasteiger partial charge in [0.25, 0.3) is 0 Å². The van der Waals surface area contributed by atoms with Crippen molar-refractivity contribution in [1.82, 2.24) is 10.0 Å². The molecule has 36 heavy (non-hydrogen) atoms. The summed E-state index contributed by atoms with van der Waals surface area (Å²) in [4.78, 5) is 11.6. The van der Waals surface area contributed by atoms with Crippen LogP contribution in [-0.4, -0.2) is 20.4 Å². The smallest absolute Gasteiger partial charge is 0.349 e. The van der Waals surface area contributed by atoms with E-state index in [0.29, 0.717) is 11.6 Å². The highest BCUT2D eigenvalue weighted by Crippen LogP contribution is 2.41. The Morgan fingerprint density at radius 3 is 1.97 bits per heavy atom. The van der Waals surface area contributed by atoms with Crippen LogP contribution < -0.4 is 10.0 Å². The molecule has 1 atom stereocenters. The molecule has 1 saturated carbocycles. The molecule has 0 aliphatic heterocycles. The lowest BCUT2D eigenvalue weighted by Gasteiger charge is -2.29. The molecule has 0 heterocycles. The number of hydrogen-bond donors (Lipinski definition) is 2. The van der Waals surface area contributed by atoms with Crippen molar-refractivity contribution in [3.05, 3.63) is 65.0 Å². The first-order chi connectivity index (χ1) is 16.6. The molecule has 198 valence electrons. The molecule has 1 fully saturated rings. The Labute approximate surface area is 203 Å². The Balaban J connectivity index is 1.63. The zero-order valence-electron chi connectivity index (χ0n) is 18.9. The van der Waals surface area contributed by atoms with Crippen LogP contribution in [0.3, 0.4) is 0 Å². The number of benzene rings is 2. The van der Waals surface area contributed by atoms with Crippen LogP contribution in [0, 0.1) is 11.7 Å². The summed E-state index contributed by atoms with van der Waals surface area (Å²) in [5, 5.41) is 2.81. The fourth-order valence-electron chi connectivity index (χ4n) is 4.10. The van der Waals surface area contributed by atoms with E-state index in [9.17, 15) is 43.9 Å². The molecule has 0 radical (unpaired) electrons. The number of rotatable bonds is 6.